The third-order valence-corrected chi connectivity index (χ3v) is 3.04. The van der Waals surface area contributed by atoms with E-state index >= 15 is 0 Å². The zero-order chi connectivity index (χ0) is 11.7. The molecule has 2 aromatic carbocycles. The number of hydrogen-bond acceptors (Lipinski definition) is 2. The summed E-state index contributed by atoms with van der Waals surface area (Å²) in [6.07, 6.45) is 1.05. The van der Waals surface area contributed by atoms with E-state index in [1.807, 2.05) is 12.1 Å². The van der Waals surface area contributed by atoms with Crippen LogP contribution >= 0.6 is 0 Å². The van der Waals surface area contributed by atoms with Crippen molar-refractivity contribution in [2.45, 2.75) is 13.3 Å². The van der Waals surface area contributed by atoms with Crippen molar-refractivity contribution in [1.29, 1.82) is 0 Å². The van der Waals surface area contributed by atoms with E-state index in [1.165, 1.54) is 16.7 Å². The van der Waals surface area contributed by atoms with Gasteiger partial charge in [0, 0.05) is 0 Å². The van der Waals surface area contributed by atoms with E-state index in [0.717, 1.165) is 17.9 Å². The Morgan fingerprint density at radius 1 is 0.941 bits per heavy atom. The topological polar surface area (TPSA) is 18.5 Å². The summed E-state index contributed by atoms with van der Waals surface area (Å²) in [5, 5.41) is 0. The minimum atomic E-state index is 0.327. The third-order valence-electron chi connectivity index (χ3n) is 3.04. The molecule has 0 amide bonds. The molecule has 2 heteroatoms. The molecule has 86 valence electrons. The summed E-state index contributed by atoms with van der Waals surface area (Å²) in [6, 6.07) is 14.7. The number of benzene rings is 2. The van der Waals surface area contributed by atoms with E-state index in [2.05, 4.69) is 37.3 Å². The molecule has 0 saturated carbocycles. The Labute approximate surface area is 101 Å². The first kappa shape index (κ1) is 10.2. The molecule has 2 aromatic rings. The number of ether oxygens (including phenoxy) is 2. The van der Waals surface area contributed by atoms with Crippen LogP contribution in [0.15, 0.2) is 42.5 Å². The summed E-state index contributed by atoms with van der Waals surface area (Å²) in [6.45, 7) is 2.49. The van der Waals surface area contributed by atoms with Gasteiger partial charge in [0.25, 0.3) is 0 Å². The highest BCUT2D eigenvalue weighted by molar-refractivity contribution is 5.68. The van der Waals surface area contributed by atoms with E-state index in [9.17, 15) is 0 Å². The summed E-state index contributed by atoms with van der Waals surface area (Å²) < 4.78 is 10.7. The molecule has 0 saturated heterocycles. The predicted molar refractivity (Wildman–Crippen MR) is 67.4 cm³/mol. The lowest BCUT2D eigenvalue weighted by atomic mass is 10.0. The Balaban J connectivity index is 2.03. The lowest BCUT2D eigenvalue weighted by molar-refractivity contribution is 0.174. The molecule has 0 N–H and O–H groups in total. The van der Waals surface area contributed by atoms with Crippen LogP contribution in [0.3, 0.4) is 0 Å². The summed E-state index contributed by atoms with van der Waals surface area (Å²) in [5.41, 5.74) is 3.74. The van der Waals surface area contributed by atoms with Crippen LogP contribution in [0.4, 0.5) is 0 Å². The minimum absolute atomic E-state index is 0.327. The largest absolute Gasteiger partial charge is 0.454 e. The van der Waals surface area contributed by atoms with Gasteiger partial charge in [0.2, 0.25) is 6.79 Å². The molecule has 0 aliphatic carbocycles. The molecular formula is C15H14O2. The highest BCUT2D eigenvalue weighted by atomic mass is 16.7. The van der Waals surface area contributed by atoms with Gasteiger partial charge in [-0.05, 0) is 35.2 Å². The summed E-state index contributed by atoms with van der Waals surface area (Å²) in [4.78, 5) is 0. The number of fused-ring (bicyclic) bond motifs is 1. The SMILES string of the molecule is CCc1cccc(-c2ccc3c(c2)OCO3)c1. The molecule has 1 heterocycles. The molecule has 0 spiro atoms. The first-order valence-corrected chi connectivity index (χ1v) is 5.86. The van der Waals surface area contributed by atoms with E-state index in [-0.39, 0.29) is 0 Å². The van der Waals surface area contributed by atoms with Gasteiger partial charge in [-0.15, -0.1) is 0 Å². The zero-order valence-corrected chi connectivity index (χ0v) is 9.77. The maximum absolute atomic E-state index is 5.39. The number of hydrogen-bond donors (Lipinski definition) is 0. The van der Waals surface area contributed by atoms with Gasteiger partial charge in [-0.3, -0.25) is 0 Å². The maximum atomic E-state index is 5.39. The van der Waals surface area contributed by atoms with E-state index in [0.29, 0.717) is 6.79 Å². The van der Waals surface area contributed by atoms with Gasteiger partial charge in [-0.25, -0.2) is 0 Å². The second kappa shape index (κ2) is 4.13. The first-order chi connectivity index (χ1) is 8.36. The van der Waals surface area contributed by atoms with Crippen LogP contribution < -0.4 is 9.47 Å². The summed E-state index contributed by atoms with van der Waals surface area (Å²) in [7, 11) is 0. The average Bonchev–Trinajstić information content (AvgIpc) is 2.86. The van der Waals surface area contributed by atoms with Crippen LogP contribution in [0.2, 0.25) is 0 Å². The average molecular weight is 226 g/mol. The van der Waals surface area contributed by atoms with E-state index in [1.54, 1.807) is 0 Å². The second-order valence-electron chi connectivity index (χ2n) is 4.12. The van der Waals surface area contributed by atoms with Crippen LogP contribution in [0.1, 0.15) is 12.5 Å². The fourth-order valence-corrected chi connectivity index (χ4v) is 2.05. The smallest absolute Gasteiger partial charge is 0.231 e. The Kier molecular flexibility index (Phi) is 2.48. The molecule has 0 bridgehead atoms. The van der Waals surface area contributed by atoms with Crippen LogP contribution in [0.25, 0.3) is 11.1 Å². The van der Waals surface area contributed by atoms with Gasteiger partial charge in [0.1, 0.15) is 0 Å². The monoisotopic (exact) mass is 226 g/mol. The van der Waals surface area contributed by atoms with Gasteiger partial charge in [0.15, 0.2) is 11.5 Å². The van der Waals surface area contributed by atoms with Crippen LogP contribution in [-0.2, 0) is 6.42 Å². The molecule has 0 aromatic heterocycles. The lowest BCUT2D eigenvalue weighted by Gasteiger charge is -2.05. The molecular weight excluding hydrogens is 212 g/mol. The first-order valence-electron chi connectivity index (χ1n) is 5.86. The van der Waals surface area contributed by atoms with Crippen LogP contribution in [0, 0.1) is 0 Å². The zero-order valence-electron chi connectivity index (χ0n) is 9.77. The Morgan fingerprint density at radius 2 is 1.76 bits per heavy atom. The summed E-state index contributed by atoms with van der Waals surface area (Å²) in [5.74, 6) is 1.67. The maximum Gasteiger partial charge on any atom is 0.231 e. The molecule has 0 unspecified atom stereocenters. The molecule has 0 fully saturated rings. The van der Waals surface area contributed by atoms with Crippen molar-refractivity contribution in [1.82, 2.24) is 0 Å². The Hall–Kier alpha value is -1.96. The standard InChI is InChI=1S/C15H14O2/c1-2-11-4-3-5-12(8-11)13-6-7-14-15(9-13)17-10-16-14/h3-9H,2,10H2,1H3. The van der Waals surface area contributed by atoms with E-state index < -0.39 is 0 Å². The van der Waals surface area contributed by atoms with Crippen molar-refractivity contribution < 1.29 is 9.47 Å². The second-order valence-corrected chi connectivity index (χ2v) is 4.12. The van der Waals surface area contributed by atoms with Crippen molar-refractivity contribution in [3.05, 3.63) is 48.0 Å². The predicted octanol–water partition coefficient (Wildman–Crippen LogP) is 3.64. The normalized spacial score (nSPS) is 12.8. The molecule has 17 heavy (non-hydrogen) atoms. The summed E-state index contributed by atoms with van der Waals surface area (Å²) >= 11 is 0. The molecule has 1 aliphatic rings. The molecule has 0 radical (unpaired) electrons. The van der Waals surface area contributed by atoms with Gasteiger partial charge < -0.3 is 9.47 Å². The molecule has 0 atom stereocenters. The van der Waals surface area contributed by atoms with Crippen LogP contribution in [0.5, 0.6) is 11.5 Å². The number of aryl methyl sites for hydroxylation is 1. The van der Waals surface area contributed by atoms with Crippen molar-refractivity contribution in [2.24, 2.45) is 0 Å². The van der Waals surface area contributed by atoms with Gasteiger partial charge in [0.05, 0.1) is 0 Å². The van der Waals surface area contributed by atoms with Crippen molar-refractivity contribution in [2.75, 3.05) is 6.79 Å². The fourth-order valence-electron chi connectivity index (χ4n) is 2.05. The highest BCUT2D eigenvalue weighted by Gasteiger charge is 2.13. The Bertz CT molecular complexity index is 546. The van der Waals surface area contributed by atoms with Gasteiger partial charge in [-0.2, -0.15) is 0 Å². The fraction of sp³-hybridized carbons (Fsp3) is 0.200. The van der Waals surface area contributed by atoms with Gasteiger partial charge >= 0.3 is 0 Å². The molecule has 2 nitrogen and oxygen atoms in total. The van der Waals surface area contributed by atoms with Gasteiger partial charge in [-0.1, -0.05) is 37.3 Å². The third kappa shape index (κ3) is 1.86. The van der Waals surface area contributed by atoms with Crippen LogP contribution in [-0.4, -0.2) is 6.79 Å². The molecule has 3 rings (SSSR count). The number of rotatable bonds is 2. The quantitative estimate of drug-likeness (QED) is 0.778. The van der Waals surface area contributed by atoms with Crippen molar-refractivity contribution in [3.8, 4) is 22.6 Å². The lowest BCUT2D eigenvalue weighted by Crippen LogP contribution is -1.92. The molecule has 1 aliphatic heterocycles. The van der Waals surface area contributed by atoms with Crippen molar-refractivity contribution in [3.63, 3.8) is 0 Å². The van der Waals surface area contributed by atoms with E-state index in [4.69, 9.17) is 9.47 Å². The van der Waals surface area contributed by atoms with Crippen molar-refractivity contribution >= 4 is 0 Å². The Morgan fingerprint density at radius 3 is 2.65 bits per heavy atom. The highest BCUT2D eigenvalue weighted by Crippen LogP contribution is 2.35. The minimum Gasteiger partial charge on any atom is -0.454 e.